The maximum atomic E-state index is 12.0. The van der Waals surface area contributed by atoms with E-state index in [0.29, 0.717) is 9.90 Å². The lowest BCUT2D eigenvalue weighted by atomic mass is 10.2. The average molecular weight is 366 g/mol. The molecule has 2 rings (SSSR count). The lowest BCUT2D eigenvalue weighted by Crippen LogP contribution is -2.35. The Morgan fingerprint density at radius 1 is 1.17 bits per heavy atom. The Bertz CT molecular complexity index is 771. The summed E-state index contributed by atoms with van der Waals surface area (Å²) in [6.45, 7) is 3.15. The van der Waals surface area contributed by atoms with Gasteiger partial charge >= 0.3 is 5.97 Å². The Balaban J connectivity index is 1.89. The number of benzene rings is 1. The zero-order chi connectivity index (χ0) is 17.7. The molecular weight excluding hydrogens is 350 g/mol. The third kappa shape index (κ3) is 4.66. The van der Waals surface area contributed by atoms with Gasteiger partial charge in [0.1, 0.15) is 4.88 Å². The van der Waals surface area contributed by atoms with Crippen molar-refractivity contribution >= 4 is 40.6 Å². The molecule has 5 nitrogen and oxygen atoms in total. The molecule has 1 aromatic carbocycles. The first-order valence-corrected chi connectivity index (χ1v) is 8.41. The lowest BCUT2D eigenvalue weighted by Gasteiger charge is -2.13. The van der Waals surface area contributed by atoms with E-state index in [2.05, 4.69) is 5.32 Å². The van der Waals surface area contributed by atoms with Crippen LogP contribution in [0.15, 0.2) is 36.4 Å². The second-order valence-electron chi connectivity index (χ2n) is 5.08. The van der Waals surface area contributed by atoms with E-state index in [9.17, 15) is 14.4 Å². The number of nitrogens with one attached hydrogen (secondary N) is 1. The quantitative estimate of drug-likeness (QED) is 0.628. The third-order valence-corrected chi connectivity index (χ3v) is 4.75. The predicted octanol–water partition coefficient (Wildman–Crippen LogP) is 3.47. The fourth-order valence-electron chi connectivity index (χ4n) is 1.88. The second-order valence-corrected chi connectivity index (χ2v) is 6.57. The van der Waals surface area contributed by atoms with Crippen molar-refractivity contribution in [2.45, 2.75) is 26.5 Å². The van der Waals surface area contributed by atoms with Crippen LogP contribution in [0.3, 0.4) is 0 Å². The molecule has 0 aliphatic carbocycles. The van der Waals surface area contributed by atoms with Crippen LogP contribution in [0.4, 0.5) is 0 Å². The minimum atomic E-state index is -0.956. The summed E-state index contributed by atoms with van der Waals surface area (Å²) >= 11 is 7.06. The van der Waals surface area contributed by atoms with Crippen LogP contribution in [0.1, 0.15) is 38.8 Å². The van der Waals surface area contributed by atoms with E-state index in [1.807, 2.05) is 6.07 Å². The topological polar surface area (TPSA) is 72.5 Å². The molecule has 0 saturated heterocycles. The van der Waals surface area contributed by atoms with Gasteiger partial charge in [-0.1, -0.05) is 29.8 Å². The predicted molar refractivity (Wildman–Crippen MR) is 92.5 cm³/mol. The first-order valence-electron chi connectivity index (χ1n) is 7.21. The number of ketones is 1. The van der Waals surface area contributed by atoms with Crippen LogP contribution < -0.4 is 5.32 Å². The zero-order valence-corrected chi connectivity index (χ0v) is 14.7. The number of hydrogen-bond acceptors (Lipinski definition) is 5. The normalized spacial score (nSPS) is 11.6. The van der Waals surface area contributed by atoms with E-state index in [4.69, 9.17) is 16.3 Å². The summed E-state index contributed by atoms with van der Waals surface area (Å²) in [6.07, 6.45) is -0.956. The standard InChI is InChI=1S/C17H16ClNO4S/c1-10(20)14-7-8-15(24-14)17(22)23-11(2)16(21)19-9-12-5-3-4-6-13(12)18/h3-8,11H,9H2,1-2H3,(H,19,21). The molecule has 1 atom stereocenters. The Morgan fingerprint density at radius 2 is 1.83 bits per heavy atom. The zero-order valence-electron chi connectivity index (χ0n) is 13.2. The van der Waals surface area contributed by atoms with E-state index in [1.165, 1.54) is 19.9 Å². The van der Waals surface area contributed by atoms with Gasteiger partial charge in [-0.25, -0.2) is 4.79 Å². The van der Waals surface area contributed by atoms with Crippen LogP contribution in [0.5, 0.6) is 0 Å². The fourth-order valence-corrected chi connectivity index (χ4v) is 2.86. The number of ether oxygens (including phenoxy) is 1. The molecule has 0 bridgehead atoms. The molecule has 2 aromatic rings. The number of Topliss-reactive ketones (excluding diaryl/α,β-unsaturated/α-hetero) is 1. The van der Waals surface area contributed by atoms with Gasteiger partial charge in [0.25, 0.3) is 5.91 Å². The van der Waals surface area contributed by atoms with Crippen molar-refractivity contribution in [2.75, 3.05) is 0 Å². The van der Waals surface area contributed by atoms with Crippen molar-refractivity contribution in [3.63, 3.8) is 0 Å². The van der Waals surface area contributed by atoms with Gasteiger partial charge in [-0.15, -0.1) is 11.3 Å². The minimum Gasteiger partial charge on any atom is -0.448 e. The van der Waals surface area contributed by atoms with Gasteiger partial charge in [-0.2, -0.15) is 0 Å². The Morgan fingerprint density at radius 3 is 2.46 bits per heavy atom. The van der Waals surface area contributed by atoms with Gasteiger partial charge in [0.2, 0.25) is 0 Å². The van der Waals surface area contributed by atoms with Crippen molar-refractivity contribution < 1.29 is 19.1 Å². The largest absolute Gasteiger partial charge is 0.448 e. The molecule has 0 spiro atoms. The summed E-state index contributed by atoms with van der Waals surface area (Å²) in [6, 6.07) is 10.2. The highest BCUT2D eigenvalue weighted by Gasteiger charge is 2.20. The SMILES string of the molecule is CC(=O)c1ccc(C(=O)OC(C)C(=O)NCc2ccccc2Cl)s1. The fraction of sp³-hybridized carbons (Fsp3) is 0.235. The summed E-state index contributed by atoms with van der Waals surface area (Å²) in [4.78, 5) is 36.0. The molecular formula is C17H16ClNO4S. The van der Waals surface area contributed by atoms with Crippen molar-refractivity contribution in [2.24, 2.45) is 0 Å². The summed E-state index contributed by atoms with van der Waals surface area (Å²) < 4.78 is 5.13. The molecule has 0 aliphatic rings. The smallest absolute Gasteiger partial charge is 0.349 e. The minimum absolute atomic E-state index is 0.121. The van der Waals surface area contributed by atoms with E-state index in [0.717, 1.165) is 16.9 Å². The van der Waals surface area contributed by atoms with Crippen LogP contribution >= 0.6 is 22.9 Å². The van der Waals surface area contributed by atoms with Crippen LogP contribution in [0.25, 0.3) is 0 Å². The average Bonchev–Trinajstić information content (AvgIpc) is 3.04. The molecule has 126 valence electrons. The number of halogens is 1. The maximum absolute atomic E-state index is 12.0. The van der Waals surface area contributed by atoms with Crippen LogP contribution in [0.2, 0.25) is 5.02 Å². The summed E-state index contributed by atoms with van der Waals surface area (Å²) in [5.74, 6) is -1.18. The van der Waals surface area contributed by atoms with Crippen LogP contribution in [-0.4, -0.2) is 23.8 Å². The number of esters is 1. The van der Waals surface area contributed by atoms with Gasteiger partial charge in [0.05, 0.1) is 4.88 Å². The maximum Gasteiger partial charge on any atom is 0.349 e. The van der Waals surface area contributed by atoms with E-state index >= 15 is 0 Å². The molecule has 1 amide bonds. The molecule has 24 heavy (non-hydrogen) atoms. The van der Waals surface area contributed by atoms with Crippen molar-refractivity contribution in [1.29, 1.82) is 0 Å². The first-order chi connectivity index (χ1) is 11.4. The highest BCUT2D eigenvalue weighted by molar-refractivity contribution is 7.15. The highest BCUT2D eigenvalue weighted by atomic mass is 35.5. The molecule has 1 heterocycles. The lowest BCUT2D eigenvalue weighted by molar-refractivity contribution is -0.129. The summed E-state index contributed by atoms with van der Waals surface area (Å²) in [7, 11) is 0. The molecule has 0 fully saturated rings. The number of amides is 1. The van der Waals surface area contributed by atoms with Gasteiger partial charge in [0.15, 0.2) is 11.9 Å². The second kappa shape index (κ2) is 8.08. The van der Waals surface area contributed by atoms with Gasteiger partial charge in [-0.05, 0) is 37.6 Å². The van der Waals surface area contributed by atoms with Crippen molar-refractivity contribution in [1.82, 2.24) is 5.32 Å². The van der Waals surface area contributed by atoms with E-state index < -0.39 is 18.0 Å². The number of carbonyl (C=O) groups excluding carboxylic acids is 3. The molecule has 0 aliphatic heterocycles. The Kier molecular flexibility index (Phi) is 6.11. The summed E-state index contributed by atoms with van der Waals surface area (Å²) in [5.41, 5.74) is 0.774. The Labute approximate surface area is 148 Å². The van der Waals surface area contributed by atoms with Crippen molar-refractivity contribution in [3.8, 4) is 0 Å². The van der Waals surface area contributed by atoms with E-state index in [-0.39, 0.29) is 17.2 Å². The van der Waals surface area contributed by atoms with Gasteiger partial charge < -0.3 is 10.1 Å². The number of carbonyl (C=O) groups is 3. The van der Waals surface area contributed by atoms with E-state index in [1.54, 1.807) is 24.3 Å². The monoisotopic (exact) mass is 365 g/mol. The number of hydrogen-bond donors (Lipinski definition) is 1. The van der Waals surface area contributed by atoms with Gasteiger partial charge in [0, 0.05) is 11.6 Å². The third-order valence-electron chi connectivity index (χ3n) is 3.22. The Hall–Kier alpha value is -2.18. The molecule has 0 saturated carbocycles. The van der Waals surface area contributed by atoms with Crippen molar-refractivity contribution in [3.05, 3.63) is 56.7 Å². The summed E-state index contributed by atoms with van der Waals surface area (Å²) in [5, 5.41) is 3.22. The van der Waals surface area contributed by atoms with Crippen LogP contribution in [0, 0.1) is 0 Å². The number of thiophene rings is 1. The van der Waals surface area contributed by atoms with Crippen LogP contribution in [-0.2, 0) is 16.1 Å². The molecule has 0 radical (unpaired) electrons. The molecule has 1 aromatic heterocycles. The molecule has 1 N–H and O–H groups in total. The first kappa shape index (κ1) is 18.2. The number of rotatable bonds is 6. The molecule has 1 unspecified atom stereocenters. The molecule has 7 heteroatoms. The van der Waals surface area contributed by atoms with Gasteiger partial charge in [-0.3, -0.25) is 9.59 Å². The highest BCUT2D eigenvalue weighted by Crippen LogP contribution is 2.19.